The highest BCUT2D eigenvalue weighted by Gasteiger charge is 1.95. The van der Waals surface area contributed by atoms with E-state index in [0.717, 1.165) is 6.47 Å². The van der Waals surface area contributed by atoms with Crippen molar-refractivity contribution in [3.63, 3.8) is 0 Å². The lowest BCUT2D eigenvalue weighted by Crippen LogP contribution is -2.21. The first-order valence-corrected chi connectivity index (χ1v) is 1.59. The highest BCUT2D eigenvalue weighted by molar-refractivity contribution is 5.83. The molecule has 0 saturated carbocycles. The summed E-state index contributed by atoms with van der Waals surface area (Å²) in [6, 6.07) is 0. The Balaban J connectivity index is 3.32. The Labute approximate surface area is 44.6 Å². The number of carbonyl (C=O) groups is 2. The normalized spacial score (nSPS) is 7.00. The topological polar surface area (TPSA) is 72.5 Å². The van der Waals surface area contributed by atoms with Crippen LogP contribution in [-0.2, 0) is 14.3 Å². The van der Waals surface area contributed by atoms with Crippen LogP contribution in [0.25, 0.3) is 0 Å². The van der Waals surface area contributed by atoms with Crippen molar-refractivity contribution in [3.05, 3.63) is 0 Å². The van der Waals surface area contributed by atoms with E-state index >= 15 is 0 Å². The second-order valence-corrected chi connectivity index (χ2v) is 0.735. The van der Waals surface area contributed by atoms with Crippen LogP contribution in [0.3, 0.4) is 0 Å². The molecule has 43 valence electrons. The van der Waals surface area contributed by atoms with Crippen LogP contribution in [-0.4, -0.2) is 19.0 Å². The van der Waals surface area contributed by atoms with Gasteiger partial charge in [-0.1, -0.05) is 0 Å². The maximum atomic E-state index is 9.82. The van der Waals surface area contributed by atoms with Gasteiger partial charge in [-0.15, -0.1) is 0 Å². The predicted molar refractivity (Wildman–Crippen MR) is 21.4 cm³/mol. The zero-order chi connectivity index (χ0) is 6.41. The first-order chi connectivity index (χ1) is 3.81. The molecule has 1 N–H and O–H groups in total. The quantitative estimate of drug-likeness (QED) is 0.368. The molecule has 0 heterocycles. The molecule has 0 spiro atoms. The predicted octanol–water partition coefficient (Wildman–Crippen LogP) is -1.06. The Morgan fingerprint density at radius 1 is 1.75 bits per heavy atom. The molecule has 5 nitrogen and oxygen atoms in total. The minimum Gasteiger partial charge on any atom is -0.367 e. The van der Waals surface area contributed by atoms with Gasteiger partial charge < -0.3 is 4.74 Å². The lowest BCUT2D eigenvalue weighted by atomic mass is 11.1. The van der Waals surface area contributed by atoms with Gasteiger partial charge in [-0.05, 0) is 0 Å². The van der Waals surface area contributed by atoms with Gasteiger partial charge in [0.25, 0.3) is 0 Å². The van der Waals surface area contributed by atoms with Gasteiger partial charge in [0.2, 0.25) is 6.41 Å². The van der Waals surface area contributed by atoms with Gasteiger partial charge in [-0.2, -0.15) is 0 Å². The van der Waals surface area contributed by atoms with Gasteiger partial charge >= 0.3 is 12.6 Å². The molecule has 0 atom stereocenters. The number of carbonyl (C=O) groups excluding carboxylic acids is 3. The fraction of sp³-hybridized carbons (Fsp3) is 0. The molecular weight excluding hydrogens is 114 g/mol. The van der Waals surface area contributed by atoms with E-state index in [2.05, 4.69) is 4.74 Å². The third-order valence-electron chi connectivity index (χ3n) is 0.311. The lowest BCUT2D eigenvalue weighted by Gasteiger charge is -1.86. The SMILES string of the molecule is O=[C]OC(=O)NC=O. The molecule has 0 aromatic carbocycles. The average Bonchev–Trinajstić information content (AvgIpc) is 1.68. The monoisotopic (exact) mass is 116 g/mol. The van der Waals surface area contributed by atoms with Crippen LogP contribution in [0.1, 0.15) is 0 Å². The first-order valence-electron chi connectivity index (χ1n) is 1.59. The molecule has 0 aromatic rings. The van der Waals surface area contributed by atoms with Crippen LogP contribution < -0.4 is 5.32 Å². The average molecular weight is 116 g/mol. The number of amides is 2. The second kappa shape index (κ2) is 3.79. The van der Waals surface area contributed by atoms with Crippen molar-refractivity contribution >= 4 is 19.0 Å². The summed E-state index contributed by atoms with van der Waals surface area (Å²) in [5.74, 6) is 0. The van der Waals surface area contributed by atoms with Gasteiger partial charge in [-0.3, -0.25) is 10.1 Å². The fourth-order valence-corrected chi connectivity index (χ4v) is 0.115. The number of ether oxygens (including phenoxy) is 1. The molecule has 1 radical (unpaired) electrons. The van der Waals surface area contributed by atoms with Gasteiger partial charge in [0.15, 0.2) is 0 Å². The van der Waals surface area contributed by atoms with E-state index in [4.69, 9.17) is 4.79 Å². The molecule has 0 saturated heterocycles. The number of nitrogens with one attached hydrogen (secondary N) is 1. The Hall–Kier alpha value is -1.39. The van der Waals surface area contributed by atoms with Crippen LogP contribution in [0, 0.1) is 0 Å². The largest absolute Gasteiger partial charge is 0.426 e. The summed E-state index contributed by atoms with van der Waals surface area (Å²) in [6.07, 6.45) is -1.03. The van der Waals surface area contributed by atoms with E-state index in [-0.39, 0.29) is 6.41 Å². The van der Waals surface area contributed by atoms with Crippen LogP contribution >= 0.6 is 0 Å². The molecule has 0 aliphatic rings. The van der Waals surface area contributed by atoms with Crippen molar-refractivity contribution < 1.29 is 19.1 Å². The summed E-state index contributed by atoms with van der Waals surface area (Å²) in [7, 11) is 0. The van der Waals surface area contributed by atoms with E-state index in [1.807, 2.05) is 0 Å². The van der Waals surface area contributed by atoms with Crippen molar-refractivity contribution in [2.24, 2.45) is 0 Å². The van der Waals surface area contributed by atoms with Crippen LogP contribution in [0.2, 0.25) is 0 Å². The van der Waals surface area contributed by atoms with E-state index < -0.39 is 6.09 Å². The molecule has 0 unspecified atom stereocenters. The molecule has 0 fully saturated rings. The highest BCUT2D eigenvalue weighted by Crippen LogP contribution is 1.64. The van der Waals surface area contributed by atoms with Gasteiger partial charge in [0, 0.05) is 0 Å². The number of hydrogen-bond acceptors (Lipinski definition) is 4. The molecule has 2 amide bonds. The van der Waals surface area contributed by atoms with Crippen molar-refractivity contribution in [1.82, 2.24) is 5.32 Å². The van der Waals surface area contributed by atoms with E-state index in [0.29, 0.717) is 0 Å². The minimum absolute atomic E-state index is 0.0969. The van der Waals surface area contributed by atoms with Crippen molar-refractivity contribution in [2.75, 3.05) is 0 Å². The number of hydrogen-bond donors (Lipinski definition) is 1. The third-order valence-corrected chi connectivity index (χ3v) is 0.311. The molecule has 0 rings (SSSR count). The standard InChI is InChI=1S/C3H2NO4/c5-1-4-3(7)8-2-6/h1H,(H,4,5,7). The van der Waals surface area contributed by atoms with E-state index in [1.165, 1.54) is 0 Å². The maximum Gasteiger partial charge on any atom is 0.426 e. The maximum absolute atomic E-state index is 9.82. The van der Waals surface area contributed by atoms with Gasteiger partial charge in [0.05, 0.1) is 0 Å². The summed E-state index contributed by atoms with van der Waals surface area (Å²) in [5.41, 5.74) is 0. The molecule has 8 heavy (non-hydrogen) atoms. The number of alkyl carbamates (subject to hydrolysis) is 1. The molecule has 5 heteroatoms. The first kappa shape index (κ1) is 6.61. The number of rotatable bonds is 2. The van der Waals surface area contributed by atoms with Crippen molar-refractivity contribution in [2.45, 2.75) is 0 Å². The molecule has 0 aliphatic carbocycles. The molecular formula is C3H2NO4. The van der Waals surface area contributed by atoms with Crippen LogP contribution in [0.15, 0.2) is 0 Å². The minimum atomic E-state index is -1.13. The Bertz CT molecular complexity index is 97.9. The summed E-state index contributed by atoms with van der Waals surface area (Å²) < 4.78 is 3.50. The van der Waals surface area contributed by atoms with Gasteiger partial charge in [-0.25, -0.2) is 9.59 Å². The third kappa shape index (κ3) is 2.83. The van der Waals surface area contributed by atoms with Crippen molar-refractivity contribution in [3.8, 4) is 0 Å². The van der Waals surface area contributed by atoms with Crippen LogP contribution in [0.4, 0.5) is 4.79 Å². The zero-order valence-electron chi connectivity index (χ0n) is 3.71. The van der Waals surface area contributed by atoms with Crippen LogP contribution in [0.5, 0.6) is 0 Å². The summed E-state index contributed by atoms with van der Waals surface area (Å²) >= 11 is 0. The second-order valence-electron chi connectivity index (χ2n) is 0.735. The Morgan fingerprint density at radius 2 is 2.38 bits per heavy atom. The van der Waals surface area contributed by atoms with E-state index in [1.54, 1.807) is 5.32 Å². The lowest BCUT2D eigenvalue weighted by molar-refractivity contribution is -0.108. The fourth-order valence-electron chi connectivity index (χ4n) is 0.115. The Morgan fingerprint density at radius 3 is 2.75 bits per heavy atom. The highest BCUT2D eigenvalue weighted by atomic mass is 16.6. The molecule has 0 bridgehead atoms. The van der Waals surface area contributed by atoms with Gasteiger partial charge in [0.1, 0.15) is 0 Å². The number of imide groups is 1. The summed E-state index contributed by atoms with van der Waals surface area (Å²) in [4.78, 5) is 28.3. The smallest absolute Gasteiger partial charge is 0.367 e. The Kier molecular flexibility index (Phi) is 3.13. The zero-order valence-corrected chi connectivity index (χ0v) is 3.71. The summed E-state index contributed by atoms with van der Waals surface area (Å²) in [5, 5.41) is 1.54. The summed E-state index contributed by atoms with van der Waals surface area (Å²) in [6.45, 7) is 0.831. The van der Waals surface area contributed by atoms with Crippen molar-refractivity contribution in [1.29, 1.82) is 0 Å². The molecule has 0 aliphatic heterocycles. The molecule has 0 aromatic heterocycles. The van der Waals surface area contributed by atoms with E-state index in [9.17, 15) is 9.59 Å².